The predicted molar refractivity (Wildman–Crippen MR) is 268 cm³/mol. The molecule has 0 saturated carbocycles. The van der Waals surface area contributed by atoms with E-state index in [1.54, 1.807) is 0 Å². The Kier molecular flexibility index (Phi) is 26.6. The van der Waals surface area contributed by atoms with E-state index < -0.39 is 232 Å². The number of hydrogen-bond donors (Lipinski definition) is 0. The molecule has 0 aromatic rings. The second-order valence-electron chi connectivity index (χ2n) is 19.4. The number of rotatable bonds is 22. The molecule has 89 heavy (non-hydrogen) atoms. The average molecular weight is 1280 g/mol. The van der Waals surface area contributed by atoms with Crippen LogP contribution in [0.3, 0.4) is 0 Å². The van der Waals surface area contributed by atoms with Gasteiger partial charge in [-0.05, 0) is 0 Å². The van der Waals surface area contributed by atoms with Crippen LogP contribution in [0.2, 0.25) is 0 Å². The summed E-state index contributed by atoms with van der Waals surface area (Å²) in [6.07, 6.45) is -42.0. The van der Waals surface area contributed by atoms with E-state index in [9.17, 15) is 76.7 Å². The summed E-state index contributed by atoms with van der Waals surface area (Å²) in [6.45, 7) is 9.67. The summed E-state index contributed by atoms with van der Waals surface area (Å²) in [5.41, 5.74) is 0. The van der Waals surface area contributed by atoms with Crippen molar-refractivity contribution in [2.24, 2.45) is 0 Å². The van der Waals surface area contributed by atoms with Crippen molar-refractivity contribution in [3.8, 4) is 0 Å². The van der Waals surface area contributed by atoms with Gasteiger partial charge in [0.25, 0.3) is 0 Å². The molecule has 4 heterocycles. The molecule has 0 aromatic carbocycles. The van der Waals surface area contributed by atoms with E-state index in [0.717, 1.165) is 96.9 Å². The molecule has 0 N–H and O–H groups in total. The Balaban J connectivity index is 1.88. The van der Waals surface area contributed by atoms with Gasteiger partial charge in [0.1, 0.15) is 25.4 Å². The predicted octanol–water partition coefficient (Wildman–Crippen LogP) is -2.70. The molecule has 4 aliphatic rings. The molecule has 4 rings (SSSR count). The maximum atomic E-state index is 14.3. The van der Waals surface area contributed by atoms with Gasteiger partial charge in [-0.1, -0.05) is 0 Å². The molecule has 20 atom stereocenters. The number of carbonyl (C=O) groups excluding carboxylic acids is 16. The second kappa shape index (κ2) is 32.5. The van der Waals surface area contributed by atoms with Crippen molar-refractivity contribution in [2.75, 3.05) is 13.2 Å². The zero-order chi connectivity index (χ0) is 67.0. The van der Waals surface area contributed by atoms with Gasteiger partial charge in [-0.25, -0.2) is 9.59 Å². The topological polar surface area (TPSA) is 467 Å². The second-order valence-corrected chi connectivity index (χ2v) is 19.4. The Morgan fingerprint density at radius 2 is 0.416 bits per heavy atom. The van der Waals surface area contributed by atoms with E-state index in [0.29, 0.717) is 0 Å². The van der Waals surface area contributed by atoms with E-state index in [-0.39, 0.29) is 0 Å². The first-order chi connectivity index (χ1) is 41.5. The van der Waals surface area contributed by atoms with E-state index in [4.69, 9.17) is 99.5 Å². The Labute approximate surface area is 503 Å². The maximum Gasteiger partial charge on any atom is 0.339 e. The third kappa shape index (κ3) is 21.3. The van der Waals surface area contributed by atoms with Gasteiger partial charge in [-0.15, -0.1) is 0 Å². The van der Waals surface area contributed by atoms with Crippen molar-refractivity contribution in [1.29, 1.82) is 0 Å². The van der Waals surface area contributed by atoms with Gasteiger partial charge >= 0.3 is 95.5 Å². The molecule has 37 nitrogen and oxygen atoms in total. The van der Waals surface area contributed by atoms with E-state index in [2.05, 4.69) is 0 Å². The molecule has 9 unspecified atom stereocenters. The smallest absolute Gasteiger partial charge is 0.339 e. The highest BCUT2D eigenvalue weighted by atomic mass is 16.8. The minimum absolute atomic E-state index is 0.837. The highest BCUT2D eigenvalue weighted by Gasteiger charge is 2.61. The van der Waals surface area contributed by atoms with Crippen molar-refractivity contribution in [1.82, 2.24) is 0 Å². The van der Waals surface area contributed by atoms with E-state index >= 15 is 0 Å². The molecule has 37 heteroatoms. The summed E-state index contributed by atoms with van der Waals surface area (Å²) in [7, 11) is 0. The minimum Gasteiger partial charge on any atom is -0.461 e. The van der Waals surface area contributed by atoms with Crippen molar-refractivity contribution in [3.05, 3.63) is 0 Å². The lowest BCUT2D eigenvalue weighted by Crippen LogP contribution is -2.67. The SMILES string of the molecule is CC(=O)OC1C(OC(C)=O)[C@H](OC(C)=O)C(COC(=O)C2O[C@H](OC(C)=O)C(OC(C)=O)[C@@H](OC(C)=O)[C@H]2OC(C)=O)O[C@H]1O[C@@H]1OC(COC(=O)C2O[C@H](OC(C)=O)[C@H](OC(C)=O)C(OC(C)=O)[C@H]2OC(C)=O)[C@H](OC(C)=O)[C@H](OC(C)=O)C1OC(C)=O. The summed E-state index contributed by atoms with van der Waals surface area (Å²) in [5.74, 6) is -19.1. The van der Waals surface area contributed by atoms with Gasteiger partial charge in [0.2, 0.25) is 37.4 Å². The molecule has 0 amide bonds. The lowest BCUT2D eigenvalue weighted by molar-refractivity contribution is -0.377. The molecule has 0 aliphatic carbocycles. The van der Waals surface area contributed by atoms with Gasteiger partial charge in [0.05, 0.1) is 0 Å². The largest absolute Gasteiger partial charge is 0.461 e. The van der Waals surface area contributed by atoms with Gasteiger partial charge in [0, 0.05) is 96.9 Å². The summed E-state index contributed by atoms with van der Waals surface area (Å²) in [5, 5.41) is 0. The fraction of sp³-hybridized carbons (Fsp3) is 0.692. The molecule has 4 saturated heterocycles. The van der Waals surface area contributed by atoms with Crippen LogP contribution in [0, 0.1) is 0 Å². The lowest BCUT2D eigenvalue weighted by atomic mass is 9.96. The highest BCUT2D eigenvalue weighted by Crippen LogP contribution is 2.38. The standard InChI is InChI=1S/C52H66O37/c1-17(53)71-33-31(15-69-47(67)41-37(75-21(5)57)39(77-23(7)59)45(81-27(11)63)49(87-41)83-29(13)65)85-51(43(79-25(9)61)35(33)73-19(3)55)89-52-44(80-26(10)62)36(74-20(4)56)34(72-18(2)54)32(86-52)16-70-48(68)42-38(76-22(6)58)40(78-24(8)60)46(82-28(12)64)50(88-42)84-30(14)66/h31-46,49-52H,15-16H2,1-14H3/t31?,32?,33-,34+,35-,36?,37+,38+,39?,40-,41?,42?,43?,44?,45+,46?,49-,50-,51-,52-/m0/s1. The van der Waals surface area contributed by atoms with Crippen molar-refractivity contribution in [3.63, 3.8) is 0 Å². The Hall–Kier alpha value is -8.68. The van der Waals surface area contributed by atoms with Gasteiger partial charge < -0.3 is 99.5 Å². The molecule has 0 aromatic heterocycles. The zero-order valence-electron chi connectivity index (χ0n) is 50.1. The van der Waals surface area contributed by atoms with Gasteiger partial charge in [0.15, 0.2) is 73.2 Å². The monoisotopic (exact) mass is 1280 g/mol. The molecule has 0 spiro atoms. The fourth-order valence-corrected chi connectivity index (χ4v) is 9.27. The van der Waals surface area contributed by atoms with Crippen LogP contribution in [-0.4, -0.2) is 232 Å². The normalized spacial score (nSPS) is 31.3. The molecule has 0 radical (unpaired) electrons. The third-order valence-electron chi connectivity index (χ3n) is 11.9. The summed E-state index contributed by atoms with van der Waals surface area (Å²) >= 11 is 0. The molecular weight excluding hydrogens is 1220 g/mol. The molecule has 496 valence electrons. The summed E-state index contributed by atoms with van der Waals surface area (Å²) in [6, 6.07) is 0. The van der Waals surface area contributed by atoms with E-state index in [1.165, 1.54) is 0 Å². The third-order valence-corrected chi connectivity index (χ3v) is 11.9. The fourth-order valence-electron chi connectivity index (χ4n) is 9.27. The maximum absolute atomic E-state index is 14.3. The highest BCUT2D eigenvalue weighted by molar-refractivity contribution is 5.79. The van der Waals surface area contributed by atoms with Crippen LogP contribution in [-0.2, 0) is 176 Å². The summed E-state index contributed by atoms with van der Waals surface area (Å²) < 4.78 is 116. The summed E-state index contributed by atoms with van der Waals surface area (Å²) in [4.78, 5) is 205. The van der Waals surface area contributed by atoms with Crippen molar-refractivity contribution >= 4 is 95.5 Å². The van der Waals surface area contributed by atoms with E-state index in [1.807, 2.05) is 0 Å². The molecule has 4 aliphatic heterocycles. The number of hydrogen-bond acceptors (Lipinski definition) is 37. The van der Waals surface area contributed by atoms with Crippen LogP contribution in [0.5, 0.6) is 0 Å². The van der Waals surface area contributed by atoms with Crippen molar-refractivity contribution < 1.29 is 176 Å². The van der Waals surface area contributed by atoms with Crippen LogP contribution in [0.1, 0.15) is 96.9 Å². The average Bonchev–Trinajstić information content (AvgIpc) is 0.908. The molecule has 4 fully saturated rings. The van der Waals surface area contributed by atoms with Crippen LogP contribution < -0.4 is 0 Å². The lowest BCUT2D eigenvalue weighted by Gasteiger charge is -2.48. The molecular formula is C52H66O37. The van der Waals surface area contributed by atoms with Crippen molar-refractivity contribution in [2.45, 2.75) is 220 Å². The van der Waals surface area contributed by atoms with Crippen LogP contribution in [0.4, 0.5) is 0 Å². The first-order valence-corrected chi connectivity index (χ1v) is 26.5. The van der Waals surface area contributed by atoms with Gasteiger partial charge in [-0.3, -0.25) is 67.1 Å². The Morgan fingerprint density at radius 1 is 0.225 bits per heavy atom. The van der Waals surface area contributed by atoms with Crippen LogP contribution >= 0.6 is 0 Å². The first-order valence-electron chi connectivity index (χ1n) is 26.5. The number of ether oxygens (including phenoxy) is 21. The Morgan fingerprint density at radius 3 is 0.652 bits per heavy atom. The number of carbonyl (C=O) groups is 16. The first kappa shape index (κ1) is 72.8. The van der Waals surface area contributed by atoms with Crippen LogP contribution in [0.15, 0.2) is 0 Å². The quantitative estimate of drug-likeness (QED) is 0.0786. The Bertz CT molecular complexity index is 2520. The van der Waals surface area contributed by atoms with Gasteiger partial charge in [-0.2, -0.15) is 0 Å². The molecule has 0 bridgehead atoms. The number of esters is 16. The minimum atomic E-state index is -2.35. The zero-order valence-corrected chi connectivity index (χ0v) is 50.1. The van der Waals surface area contributed by atoms with Crippen LogP contribution in [0.25, 0.3) is 0 Å².